The highest BCUT2D eigenvalue weighted by Gasteiger charge is 2.21. The molecule has 2 rings (SSSR count). The second-order valence-corrected chi connectivity index (χ2v) is 5.43. The predicted octanol–water partition coefficient (Wildman–Crippen LogP) is 2.93. The minimum absolute atomic E-state index is 0.122. The standard InChI is InChI=1S/C15H17BrN2O/c1-10-8-12(2-3-14(10)16)15(19)13(9-17)11-4-6-18-7-5-11/h2-8,13,15,19H,9,17H2,1H3. The molecule has 0 amide bonds. The molecule has 0 fully saturated rings. The maximum Gasteiger partial charge on any atom is 0.0870 e. The molecule has 0 bridgehead atoms. The van der Waals surface area contributed by atoms with Crippen molar-refractivity contribution in [2.24, 2.45) is 5.73 Å². The summed E-state index contributed by atoms with van der Waals surface area (Å²) < 4.78 is 1.04. The van der Waals surface area contributed by atoms with Crippen molar-refractivity contribution in [3.05, 3.63) is 63.9 Å². The third-order valence-electron chi connectivity index (χ3n) is 3.29. The molecule has 100 valence electrons. The van der Waals surface area contributed by atoms with Gasteiger partial charge in [-0.25, -0.2) is 0 Å². The summed E-state index contributed by atoms with van der Waals surface area (Å²) in [5.74, 6) is -0.122. The van der Waals surface area contributed by atoms with Gasteiger partial charge in [0.2, 0.25) is 0 Å². The first-order valence-electron chi connectivity index (χ1n) is 6.17. The second kappa shape index (κ2) is 6.28. The molecule has 2 aromatic rings. The number of aliphatic hydroxyl groups is 1. The number of aryl methyl sites for hydroxylation is 1. The highest BCUT2D eigenvalue weighted by Crippen LogP contribution is 2.31. The fourth-order valence-corrected chi connectivity index (χ4v) is 2.39. The van der Waals surface area contributed by atoms with Crippen LogP contribution >= 0.6 is 15.9 Å². The molecule has 0 radical (unpaired) electrons. The van der Waals surface area contributed by atoms with Crippen LogP contribution in [0.3, 0.4) is 0 Å². The summed E-state index contributed by atoms with van der Waals surface area (Å²) in [6.07, 6.45) is 2.83. The quantitative estimate of drug-likeness (QED) is 0.910. The lowest BCUT2D eigenvalue weighted by Gasteiger charge is -2.22. The molecule has 0 spiro atoms. The van der Waals surface area contributed by atoms with Gasteiger partial charge in [0.05, 0.1) is 6.10 Å². The van der Waals surface area contributed by atoms with Crippen LogP contribution in [-0.2, 0) is 0 Å². The number of pyridine rings is 1. The zero-order chi connectivity index (χ0) is 13.8. The second-order valence-electron chi connectivity index (χ2n) is 4.58. The lowest BCUT2D eigenvalue weighted by molar-refractivity contribution is 0.147. The number of halogens is 1. The molecule has 19 heavy (non-hydrogen) atoms. The van der Waals surface area contributed by atoms with E-state index in [0.717, 1.165) is 21.2 Å². The predicted molar refractivity (Wildman–Crippen MR) is 79.9 cm³/mol. The molecule has 1 heterocycles. The van der Waals surface area contributed by atoms with E-state index in [-0.39, 0.29) is 5.92 Å². The van der Waals surface area contributed by atoms with Gasteiger partial charge in [-0.1, -0.05) is 28.1 Å². The first-order chi connectivity index (χ1) is 9.13. The van der Waals surface area contributed by atoms with Gasteiger partial charge in [0, 0.05) is 29.3 Å². The molecule has 1 aromatic heterocycles. The van der Waals surface area contributed by atoms with Gasteiger partial charge in [0.1, 0.15) is 0 Å². The van der Waals surface area contributed by atoms with Crippen LogP contribution in [0.4, 0.5) is 0 Å². The van der Waals surface area contributed by atoms with Gasteiger partial charge < -0.3 is 10.8 Å². The molecule has 0 aliphatic carbocycles. The van der Waals surface area contributed by atoms with E-state index in [2.05, 4.69) is 20.9 Å². The Morgan fingerprint density at radius 3 is 2.47 bits per heavy atom. The molecular formula is C15H17BrN2O. The maximum absolute atomic E-state index is 10.5. The fraction of sp³-hybridized carbons (Fsp3) is 0.267. The van der Waals surface area contributed by atoms with Gasteiger partial charge in [-0.3, -0.25) is 4.98 Å². The smallest absolute Gasteiger partial charge is 0.0870 e. The van der Waals surface area contributed by atoms with Crippen molar-refractivity contribution in [3.8, 4) is 0 Å². The first-order valence-corrected chi connectivity index (χ1v) is 6.97. The van der Waals surface area contributed by atoms with Crippen LogP contribution in [0, 0.1) is 6.92 Å². The Balaban J connectivity index is 2.30. The first kappa shape index (κ1) is 14.2. The highest BCUT2D eigenvalue weighted by molar-refractivity contribution is 9.10. The average molecular weight is 321 g/mol. The third-order valence-corrected chi connectivity index (χ3v) is 4.18. The summed E-state index contributed by atoms with van der Waals surface area (Å²) in [5, 5.41) is 10.5. The molecule has 0 aliphatic rings. The topological polar surface area (TPSA) is 59.1 Å². The lowest BCUT2D eigenvalue weighted by atomic mass is 9.89. The van der Waals surface area contributed by atoms with E-state index in [1.54, 1.807) is 12.4 Å². The van der Waals surface area contributed by atoms with Crippen LogP contribution in [0.1, 0.15) is 28.7 Å². The van der Waals surface area contributed by atoms with E-state index in [9.17, 15) is 5.11 Å². The minimum Gasteiger partial charge on any atom is -0.388 e. The normalized spacial score (nSPS) is 14.1. The summed E-state index contributed by atoms with van der Waals surface area (Å²) in [7, 11) is 0. The van der Waals surface area contributed by atoms with Gasteiger partial charge in [-0.05, 0) is 41.8 Å². The molecule has 0 saturated carbocycles. The SMILES string of the molecule is Cc1cc(C(O)C(CN)c2ccncc2)ccc1Br. The van der Waals surface area contributed by atoms with Crippen molar-refractivity contribution in [1.29, 1.82) is 0 Å². The van der Waals surface area contributed by atoms with Gasteiger partial charge in [0.15, 0.2) is 0 Å². The Hall–Kier alpha value is -1.23. The molecular weight excluding hydrogens is 304 g/mol. The number of nitrogens with two attached hydrogens (primary N) is 1. The van der Waals surface area contributed by atoms with E-state index >= 15 is 0 Å². The van der Waals surface area contributed by atoms with Crippen molar-refractivity contribution in [3.63, 3.8) is 0 Å². The largest absolute Gasteiger partial charge is 0.388 e. The van der Waals surface area contributed by atoms with Crippen LogP contribution in [-0.4, -0.2) is 16.6 Å². The Kier molecular flexibility index (Phi) is 4.69. The number of nitrogens with zero attached hydrogens (tertiary/aromatic N) is 1. The molecule has 4 heteroatoms. The highest BCUT2D eigenvalue weighted by atomic mass is 79.9. The fourth-order valence-electron chi connectivity index (χ4n) is 2.14. The number of aromatic nitrogens is 1. The number of benzene rings is 1. The molecule has 1 aromatic carbocycles. The van der Waals surface area contributed by atoms with E-state index in [0.29, 0.717) is 6.54 Å². The number of aliphatic hydroxyl groups excluding tert-OH is 1. The number of hydrogen-bond donors (Lipinski definition) is 2. The Morgan fingerprint density at radius 1 is 1.21 bits per heavy atom. The monoisotopic (exact) mass is 320 g/mol. The van der Waals surface area contributed by atoms with Crippen LogP contribution < -0.4 is 5.73 Å². The summed E-state index contributed by atoms with van der Waals surface area (Å²) >= 11 is 3.46. The van der Waals surface area contributed by atoms with Crippen molar-refractivity contribution in [1.82, 2.24) is 4.98 Å². The van der Waals surface area contributed by atoms with Crippen molar-refractivity contribution >= 4 is 15.9 Å². The Labute approximate surface area is 121 Å². The van der Waals surface area contributed by atoms with Gasteiger partial charge in [-0.15, -0.1) is 0 Å². The van der Waals surface area contributed by atoms with Gasteiger partial charge in [0.25, 0.3) is 0 Å². The zero-order valence-electron chi connectivity index (χ0n) is 10.8. The summed E-state index contributed by atoms with van der Waals surface area (Å²) in [5.41, 5.74) is 8.81. The van der Waals surface area contributed by atoms with E-state index in [1.807, 2.05) is 37.3 Å². The van der Waals surface area contributed by atoms with Crippen LogP contribution in [0.25, 0.3) is 0 Å². The van der Waals surface area contributed by atoms with E-state index in [4.69, 9.17) is 5.73 Å². The molecule has 2 atom stereocenters. The van der Waals surface area contributed by atoms with Gasteiger partial charge in [-0.2, -0.15) is 0 Å². The van der Waals surface area contributed by atoms with E-state index in [1.165, 1.54) is 0 Å². The van der Waals surface area contributed by atoms with Crippen LogP contribution in [0.2, 0.25) is 0 Å². The lowest BCUT2D eigenvalue weighted by Crippen LogP contribution is -2.20. The molecule has 0 saturated heterocycles. The van der Waals surface area contributed by atoms with Crippen molar-refractivity contribution in [2.45, 2.75) is 18.9 Å². The van der Waals surface area contributed by atoms with Crippen molar-refractivity contribution < 1.29 is 5.11 Å². The molecule has 0 aliphatic heterocycles. The summed E-state index contributed by atoms with van der Waals surface area (Å²) in [4.78, 5) is 3.99. The summed E-state index contributed by atoms with van der Waals surface area (Å²) in [6.45, 7) is 2.39. The third kappa shape index (κ3) is 3.21. The minimum atomic E-state index is -0.612. The molecule has 3 nitrogen and oxygen atoms in total. The zero-order valence-corrected chi connectivity index (χ0v) is 12.3. The summed E-state index contributed by atoms with van der Waals surface area (Å²) in [6, 6.07) is 9.65. The Bertz CT molecular complexity index is 545. The number of rotatable bonds is 4. The number of hydrogen-bond acceptors (Lipinski definition) is 3. The van der Waals surface area contributed by atoms with Crippen LogP contribution in [0.5, 0.6) is 0 Å². The average Bonchev–Trinajstić information content (AvgIpc) is 2.44. The van der Waals surface area contributed by atoms with Crippen LogP contribution in [0.15, 0.2) is 47.2 Å². The molecule has 2 unspecified atom stereocenters. The van der Waals surface area contributed by atoms with Gasteiger partial charge >= 0.3 is 0 Å². The Morgan fingerprint density at radius 2 is 1.89 bits per heavy atom. The maximum atomic E-state index is 10.5. The molecule has 3 N–H and O–H groups in total. The van der Waals surface area contributed by atoms with E-state index < -0.39 is 6.10 Å². The van der Waals surface area contributed by atoms with Crippen molar-refractivity contribution in [2.75, 3.05) is 6.54 Å².